The number of halogens is 2. The third-order valence-electron chi connectivity index (χ3n) is 2.62. The van der Waals surface area contributed by atoms with E-state index in [4.69, 9.17) is 0 Å². The first-order chi connectivity index (χ1) is 8.15. The summed E-state index contributed by atoms with van der Waals surface area (Å²) in [6, 6.07) is 13.7. The summed E-state index contributed by atoms with van der Waals surface area (Å²) in [5.41, 5.74) is 2.54. The van der Waals surface area contributed by atoms with Crippen LogP contribution < -0.4 is 0 Å². The molecule has 0 amide bonds. The molecule has 0 atom stereocenters. The van der Waals surface area contributed by atoms with Gasteiger partial charge in [0.1, 0.15) is 5.75 Å². The number of rotatable bonds is 3. The van der Waals surface area contributed by atoms with E-state index in [9.17, 15) is 5.11 Å². The van der Waals surface area contributed by atoms with Gasteiger partial charge in [-0.3, -0.25) is 0 Å². The van der Waals surface area contributed by atoms with Crippen molar-refractivity contribution in [2.24, 2.45) is 0 Å². The van der Waals surface area contributed by atoms with Crippen molar-refractivity contribution in [1.29, 1.82) is 0 Å². The Morgan fingerprint density at radius 1 is 0.765 bits per heavy atom. The number of benzene rings is 2. The second kappa shape index (κ2) is 5.69. The molecule has 0 aliphatic heterocycles. The van der Waals surface area contributed by atoms with Crippen molar-refractivity contribution in [3.63, 3.8) is 0 Å². The highest BCUT2D eigenvalue weighted by Gasteiger charge is 2.00. The second-order valence-corrected chi connectivity index (χ2v) is 5.62. The summed E-state index contributed by atoms with van der Waals surface area (Å²) in [4.78, 5) is 0. The van der Waals surface area contributed by atoms with Crippen LogP contribution in [0.4, 0.5) is 0 Å². The molecule has 0 spiro atoms. The largest absolute Gasteiger partial charge is 0.508 e. The fourth-order valence-corrected chi connectivity index (χ4v) is 2.32. The molecule has 0 bridgehead atoms. The third kappa shape index (κ3) is 3.58. The predicted octanol–water partition coefficient (Wildman–Crippen LogP) is 4.70. The van der Waals surface area contributed by atoms with Crippen LogP contribution in [-0.4, -0.2) is 5.11 Å². The van der Waals surface area contributed by atoms with Crippen LogP contribution in [0.3, 0.4) is 0 Å². The highest BCUT2D eigenvalue weighted by atomic mass is 79.9. The van der Waals surface area contributed by atoms with E-state index < -0.39 is 0 Å². The highest BCUT2D eigenvalue weighted by Crippen LogP contribution is 2.24. The molecule has 0 aliphatic carbocycles. The number of hydrogen-bond acceptors (Lipinski definition) is 1. The summed E-state index contributed by atoms with van der Waals surface area (Å²) < 4.78 is 2.16. The molecule has 2 aromatic rings. The van der Waals surface area contributed by atoms with Crippen molar-refractivity contribution in [3.8, 4) is 5.75 Å². The van der Waals surface area contributed by atoms with Crippen LogP contribution in [-0.2, 0) is 12.8 Å². The molecule has 1 N–H and O–H groups in total. The van der Waals surface area contributed by atoms with Gasteiger partial charge in [0.15, 0.2) is 0 Å². The minimum absolute atomic E-state index is 0.320. The lowest BCUT2D eigenvalue weighted by Crippen LogP contribution is -1.91. The Balaban J connectivity index is 2.02. The Hall–Kier alpha value is -0.800. The van der Waals surface area contributed by atoms with Gasteiger partial charge in [-0.05, 0) is 80.1 Å². The van der Waals surface area contributed by atoms with Crippen molar-refractivity contribution in [2.45, 2.75) is 12.8 Å². The summed E-state index contributed by atoms with van der Waals surface area (Å²) in [5.74, 6) is 0.320. The monoisotopic (exact) mass is 354 g/mol. The molecule has 0 saturated carbocycles. The SMILES string of the molecule is Oc1ccc(CCc2ccc(Br)c(Br)c2)cc1. The summed E-state index contributed by atoms with van der Waals surface area (Å²) in [6.07, 6.45) is 1.98. The van der Waals surface area contributed by atoms with Crippen LogP contribution in [0.15, 0.2) is 51.4 Å². The van der Waals surface area contributed by atoms with E-state index in [0.717, 1.165) is 21.8 Å². The predicted molar refractivity (Wildman–Crippen MR) is 77.4 cm³/mol. The summed E-state index contributed by atoms with van der Waals surface area (Å²) in [5, 5.41) is 9.20. The number of phenolic OH excluding ortho intramolecular Hbond substituents is 1. The van der Waals surface area contributed by atoms with Crippen LogP contribution in [0.2, 0.25) is 0 Å². The number of phenols is 1. The van der Waals surface area contributed by atoms with Gasteiger partial charge in [0.2, 0.25) is 0 Å². The quantitative estimate of drug-likeness (QED) is 0.845. The number of aromatic hydroxyl groups is 1. The Morgan fingerprint density at radius 2 is 1.35 bits per heavy atom. The van der Waals surface area contributed by atoms with E-state index in [1.54, 1.807) is 12.1 Å². The number of aryl methyl sites for hydroxylation is 2. The molecule has 1 nitrogen and oxygen atoms in total. The molecule has 88 valence electrons. The van der Waals surface area contributed by atoms with Crippen LogP contribution in [0.5, 0.6) is 5.75 Å². The summed E-state index contributed by atoms with van der Waals surface area (Å²) in [6.45, 7) is 0. The van der Waals surface area contributed by atoms with Gasteiger partial charge in [-0.15, -0.1) is 0 Å². The van der Waals surface area contributed by atoms with Gasteiger partial charge in [-0.1, -0.05) is 18.2 Å². The lowest BCUT2D eigenvalue weighted by Gasteiger charge is -2.04. The molecule has 0 saturated heterocycles. The molecular formula is C14H12Br2O. The van der Waals surface area contributed by atoms with E-state index in [1.807, 2.05) is 12.1 Å². The van der Waals surface area contributed by atoms with Gasteiger partial charge in [-0.25, -0.2) is 0 Å². The van der Waals surface area contributed by atoms with Crippen molar-refractivity contribution in [2.75, 3.05) is 0 Å². The van der Waals surface area contributed by atoms with Gasteiger partial charge in [0, 0.05) is 8.95 Å². The minimum atomic E-state index is 0.320. The molecule has 0 aliphatic rings. The zero-order valence-electron chi connectivity index (χ0n) is 9.16. The van der Waals surface area contributed by atoms with Crippen molar-refractivity contribution in [3.05, 3.63) is 62.5 Å². The maximum Gasteiger partial charge on any atom is 0.115 e. The second-order valence-electron chi connectivity index (χ2n) is 3.91. The Kier molecular flexibility index (Phi) is 4.24. The molecule has 0 radical (unpaired) electrons. The molecular weight excluding hydrogens is 344 g/mol. The topological polar surface area (TPSA) is 20.2 Å². The maximum absolute atomic E-state index is 9.20. The first-order valence-electron chi connectivity index (χ1n) is 5.37. The lowest BCUT2D eigenvalue weighted by molar-refractivity contribution is 0.475. The molecule has 2 aromatic carbocycles. The smallest absolute Gasteiger partial charge is 0.115 e. The van der Waals surface area contributed by atoms with Crippen LogP contribution in [0, 0.1) is 0 Å². The van der Waals surface area contributed by atoms with Crippen LogP contribution in [0.1, 0.15) is 11.1 Å². The zero-order valence-corrected chi connectivity index (χ0v) is 12.3. The first-order valence-corrected chi connectivity index (χ1v) is 6.95. The molecule has 3 heteroatoms. The average molecular weight is 356 g/mol. The Morgan fingerprint density at radius 3 is 2.00 bits per heavy atom. The fraction of sp³-hybridized carbons (Fsp3) is 0.143. The standard InChI is InChI=1S/C14H12Br2O/c15-13-8-5-11(9-14(13)16)2-1-10-3-6-12(17)7-4-10/h3-9,17H,1-2H2. The Labute approximate surface area is 118 Å². The van der Waals surface area contributed by atoms with E-state index in [1.165, 1.54) is 11.1 Å². The molecule has 17 heavy (non-hydrogen) atoms. The average Bonchev–Trinajstić information content (AvgIpc) is 2.33. The highest BCUT2D eigenvalue weighted by molar-refractivity contribution is 9.13. The maximum atomic E-state index is 9.20. The van der Waals surface area contributed by atoms with Gasteiger partial charge in [0.25, 0.3) is 0 Å². The van der Waals surface area contributed by atoms with Gasteiger partial charge in [-0.2, -0.15) is 0 Å². The van der Waals surface area contributed by atoms with Crippen molar-refractivity contribution < 1.29 is 5.11 Å². The van der Waals surface area contributed by atoms with Crippen molar-refractivity contribution in [1.82, 2.24) is 0 Å². The summed E-state index contributed by atoms with van der Waals surface area (Å²) in [7, 11) is 0. The van der Waals surface area contributed by atoms with E-state index in [0.29, 0.717) is 5.75 Å². The molecule has 0 heterocycles. The van der Waals surface area contributed by atoms with Crippen molar-refractivity contribution >= 4 is 31.9 Å². The fourth-order valence-electron chi connectivity index (χ4n) is 1.65. The van der Waals surface area contributed by atoms with E-state index in [-0.39, 0.29) is 0 Å². The normalized spacial score (nSPS) is 10.5. The lowest BCUT2D eigenvalue weighted by atomic mass is 10.0. The van der Waals surface area contributed by atoms with Crippen LogP contribution in [0.25, 0.3) is 0 Å². The Bertz CT molecular complexity index is 506. The van der Waals surface area contributed by atoms with E-state index in [2.05, 4.69) is 50.1 Å². The van der Waals surface area contributed by atoms with Gasteiger partial charge >= 0.3 is 0 Å². The van der Waals surface area contributed by atoms with E-state index >= 15 is 0 Å². The third-order valence-corrected chi connectivity index (χ3v) is 4.50. The molecule has 0 fully saturated rings. The number of hydrogen-bond donors (Lipinski definition) is 1. The molecule has 2 rings (SSSR count). The molecule has 0 unspecified atom stereocenters. The van der Waals surface area contributed by atoms with Crippen LogP contribution >= 0.6 is 31.9 Å². The summed E-state index contributed by atoms with van der Waals surface area (Å²) >= 11 is 6.96. The zero-order chi connectivity index (χ0) is 12.3. The first kappa shape index (κ1) is 12.7. The van der Waals surface area contributed by atoms with Gasteiger partial charge in [0.05, 0.1) is 0 Å². The minimum Gasteiger partial charge on any atom is -0.508 e. The van der Waals surface area contributed by atoms with Gasteiger partial charge < -0.3 is 5.11 Å². The molecule has 0 aromatic heterocycles.